The highest BCUT2D eigenvalue weighted by Crippen LogP contribution is 2.44. The Balaban J connectivity index is 2.09. The molecule has 1 fully saturated rings. The minimum Gasteiger partial charge on any atom is -0.458 e. The van der Waals surface area contributed by atoms with Crippen LogP contribution in [0, 0.1) is 27.4 Å². The van der Waals surface area contributed by atoms with E-state index in [2.05, 4.69) is 23.8 Å². The Labute approximate surface area is 139 Å². The molecule has 8 nitrogen and oxygen atoms in total. The molecule has 4 N–H and O–H groups in total. The summed E-state index contributed by atoms with van der Waals surface area (Å²) in [6, 6.07) is 8.60. The molecule has 2 aliphatic rings. The van der Waals surface area contributed by atoms with Gasteiger partial charge in [-0.25, -0.2) is 5.43 Å². The SMILES string of the molecule is CCCC1NNC2OC(N)=C(C#N)C(c3cccc([N+](=O)[O-])c3)C12. The smallest absolute Gasteiger partial charge is 0.269 e. The van der Waals surface area contributed by atoms with Crippen LogP contribution in [-0.4, -0.2) is 17.2 Å². The Kier molecular flexibility index (Phi) is 4.38. The number of nitrogens with zero attached hydrogens (tertiary/aromatic N) is 2. The van der Waals surface area contributed by atoms with E-state index in [-0.39, 0.29) is 35.7 Å². The van der Waals surface area contributed by atoms with E-state index in [9.17, 15) is 15.4 Å². The van der Waals surface area contributed by atoms with Crippen molar-refractivity contribution in [3.8, 4) is 6.07 Å². The fourth-order valence-corrected chi connectivity index (χ4v) is 3.57. The van der Waals surface area contributed by atoms with Gasteiger partial charge in [0.25, 0.3) is 5.69 Å². The number of hydrogen-bond acceptors (Lipinski definition) is 7. The van der Waals surface area contributed by atoms with Crippen LogP contribution in [0.3, 0.4) is 0 Å². The predicted molar refractivity (Wildman–Crippen MR) is 86.0 cm³/mol. The van der Waals surface area contributed by atoms with Crippen LogP contribution in [0.1, 0.15) is 31.2 Å². The molecule has 24 heavy (non-hydrogen) atoms. The van der Waals surface area contributed by atoms with Crippen molar-refractivity contribution < 1.29 is 9.66 Å². The van der Waals surface area contributed by atoms with Gasteiger partial charge in [0.2, 0.25) is 5.88 Å². The van der Waals surface area contributed by atoms with Crippen molar-refractivity contribution in [1.82, 2.24) is 10.9 Å². The van der Waals surface area contributed by atoms with Gasteiger partial charge in [-0.3, -0.25) is 15.5 Å². The number of nitrogens with one attached hydrogen (secondary N) is 2. The number of nitro benzene ring substituents is 1. The van der Waals surface area contributed by atoms with Gasteiger partial charge in [0.15, 0.2) is 6.23 Å². The fraction of sp³-hybridized carbons (Fsp3) is 0.438. The molecule has 4 unspecified atom stereocenters. The molecule has 0 spiro atoms. The van der Waals surface area contributed by atoms with E-state index >= 15 is 0 Å². The normalized spacial score (nSPS) is 28.8. The second-order valence-electron chi connectivity index (χ2n) is 6.02. The Bertz CT molecular complexity index is 727. The molecule has 0 saturated carbocycles. The first-order valence-electron chi connectivity index (χ1n) is 7.88. The lowest BCUT2D eigenvalue weighted by Crippen LogP contribution is -2.41. The van der Waals surface area contributed by atoms with Crippen LogP contribution >= 0.6 is 0 Å². The third kappa shape index (κ3) is 2.68. The summed E-state index contributed by atoms with van der Waals surface area (Å²) in [6.07, 6.45) is 1.48. The van der Waals surface area contributed by atoms with Crippen LogP contribution in [0.15, 0.2) is 35.7 Å². The minimum absolute atomic E-state index is 0.00244. The van der Waals surface area contributed by atoms with Gasteiger partial charge in [-0.1, -0.05) is 25.5 Å². The Hall–Kier alpha value is -2.63. The van der Waals surface area contributed by atoms with Gasteiger partial charge in [-0.2, -0.15) is 5.26 Å². The molecule has 2 aliphatic heterocycles. The van der Waals surface area contributed by atoms with Crippen molar-refractivity contribution in [2.75, 3.05) is 0 Å². The van der Waals surface area contributed by atoms with Gasteiger partial charge < -0.3 is 10.5 Å². The third-order valence-corrected chi connectivity index (χ3v) is 4.60. The molecule has 0 radical (unpaired) electrons. The summed E-state index contributed by atoms with van der Waals surface area (Å²) in [5.74, 6) is -0.358. The summed E-state index contributed by atoms with van der Waals surface area (Å²) >= 11 is 0. The van der Waals surface area contributed by atoms with E-state index in [0.717, 1.165) is 12.8 Å². The molecular formula is C16H19N5O3. The maximum Gasteiger partial charge on any atom is 0.269 e. The lowest BCUT2D eigenvalue weighted by molar-refractivity contribution is -0.384. The van der Waals surface area contributed by atoms with Gasteiger partial charge in [-0.15, -0.1) is 0 Å². The number of allylic oxidation sites excluding steroid dienone is 1. The average Bonchev–Trinajstić information content (AvgIpc) is 2.96. The van der Waals surface area contributed by atoms with Gasteiger partial charge >= 0.3 is 0 Å². The number of ether oxygens (including phenoxy) is 1. The van der Waals surface area contributed by atoms with Crippen molar-refractivity contribution in [3.63, 3.8) is 0 Å². The number of hydrazine groups is 1. The molecule has 0 amide bonds. The number of nitrogens with two attached hydrogens (primary N) is 1. The number of fused-ring (bicyclic) bond motifs is 1. The van der Waals surface area contributed by atoms with Gasteiger partial charge in [0.1, 0.15) is 6.07 Å². The third-order valence-electron chi connectivity index (χ3n) is 4.60. The van der Waals surface area contributed by atoms with Crippen molar-refractivity contribution in [3.05, 3.63) is 51.4 Å². The molecule has 1 saturated heterocycles. The molecule has 0 bridgehead atoms. The van der Waals surface area contributed by atoms with Crippen LogP contribution in [0.5, 0.6) is 0 Å². The Morgan fingerprint density at radius 1 is 1.46 bits per heavy atom. The van der Waals surface area contributed by atoms with E-state index in [4.69, 9.17) is 10.5 Å². The number of rotatable bonds is 4. The summed E-state index contributed by atoms with van der Waals surface area (Å²) in [4.78, 5) is 10.7. The second-order valence-corrected chi connectivity index (χ2v) is 6.02. The summed E-state index contributed by atoms with van der Waals surface area (Å²) in [5.41, 5.74) is 13.2. The minimum atomic E-state index is -0.436. The molecular weight excluding hydrogens is 310 g/mol. The largest absolute Gasteiger partial charge is 0.458 e. The fourth-order valence-electron chi connectivity index (χ4n) is 3.57. The molecule has 3 rings (SSSR count). The first-order chi connectivity index (χ1) is 11.6. The highest BCUT2D eigenvalue weighted by molar-refractivity contribution is 5.45. The van der Waals surface area contributed by atoms with Crippen LogP contribution in [0.4, 0.5) is 5.69 Å². The summed E-state index contributed by atoms with van der Waals surface area (Å²) in [6.45, 7) is 2.08. The summed E-state index contributed by atoms with van der Waals surface area (Å²) in [5, 5.41) is 20.7. The topological polar surface area (TPSA) is 126 Å². The zero-order chi connectivity index (χ0) is 17.3. The van der Waals surface area contributed by atoms with Crippen molar-refractivity contribution in [2.45, 2.75) is 38.0 Å². The first-order valence-corrected chi connectivity index (χ1v) is 7.88. The summed E-state index contributed by atoms with van der Waals surface area (Å²) < 4.78 is 5.65. The molecule has 0 aliphatic carbocycles. The van der Waals surface area contributed by atoms with Crippen LogP contribution in [0.25, 0.3) is 0 Å². The number of hydrogen-bond donors (Lipinski definition) is 3. The highest BCUT2D eigenvalue weighted by atomic mass is 16.6. The lowest BCUT2D eigenvalue weighted by Gasteiger charge is -2.35. The second kappa shape index (κ2) is 6.47. The zero-order valence-electron chi connectivity index (χ0n) is 13.2. The van der Waals surface area contributed by atoms with Crippen molar-refractivity contribution in [2.24, 2.45) is 11.7 Å². The van der Waals surface area contributed by atoms with E-state index in [1.165, 1.54) is 12.1 Å². The summed E-state index contributed by atoms with van der Waals surface area (Å²) in [7, 11) is 0. The number of benzene rings is 1. The molecule has 0 aromatic heterocycles. The Morgan fingerprint density at radius 3 is 2.92 bits per heavy atom. The average molecular weight is 329 g/mol. The van der Waals surface area contributed by atoms with Gasteiger partial charge in [0.05, 0.1) is 10.5 Å². The predicted octanol–water partition coefficient (Wildman–Crippen LogP) is 1.62. The maximum absolute atomic E-state index is 11.1. The number of nitriles is 1. The van der Waals surface area contributed by atoms with Crippen molar-refractivity contribution >= 4 is 5.69 Å². The molecule has 126 valence electrons. The lowest BCUT2D eigenvalue weighted by atomic mass is 9.74. The highest BCUT2D eigenvalue weighted by Gasteiger charge is 2.48. The van der Waals surface area contributed by atoms with Crippen LogP contribution in [0.2, 0.25) is 0 Å². The van der Waals surface area contributed by atoms with Crippen molar-refractivity contribution in [1.29, 1.82) is 5.26 Å². The number of nitro groups is 1. The molecule has 8 heteroatoms. The van der Waals surface area contributed by atoms with E-state index < -0.39 is 4.92 Å². The molecule has 2 heterocycles. The van der Waals surface area contributed by atoms with E-state index in [1.807, 2.05) is 0 Å². The van der Waals surface area contributed by atoms with Crippen LogP contribution in [-0.2, 0) is 4.74 Å². The monoisotopic (exact) mass is 329 g/mol. The zero-order valence-corrected chi connectivity index (χ0v) is 13.2. The maximum atomic E-state index is 11.1. The first kappa shape index (κ1) is 16.2. The van der Waals surface area contributed by atoms with Gasteiger partial charge in [-0.05, 0) is 12.0 Å². The van der Waals surface area contributed by atoms with E-state index in [0.29, 0.717) is 11.1 Å². The van der Waals surface area contributed by atoms with E-state index in [1.54, 1.807) is 12.1 Å². The van der Waals surface area contributed by atoms with Gasteiger partial charge in [0, 0.05) is 30.0 Å². The number of non-ortho nitro benzene ring substituents is 1. The quantitative estimate of drug-likeness (QED) is 0.566. The Morgan fingerprint density at radius 2 is 2.25 bits per heavy atom. The molecule has 4 atom stereocenters. The molecule has 1 aromatic rings. The molecule has 1 aromatic carbocycles. The standard InChI is InChI=1S/C16H19N5O3/c1-2-4-12-14-13(9-5-3-6-10(7-9)21(22)23)11(8-17)15(18)24-16(14)20-19-12/h3,5-7,12-14,16,19-20H,2,4,18H2,1H3. The van der Waals surface area contributed by atoms with Crippen LogP contribution < -0.4 is 16.6 Å².